The molecule has 2 N–H and O–H groups in total. The summed E-state index contributed by atoms with van der Waals surface area (Å²) >= 11 is 0. The van der Waals surface area contributed by atoms with Crippen LogP contribution in [0.5, 0.6) is 0 Å². The first-order valence-corrected chi connectivity index (χ1v) is 8.01. The van der Waals surface area contributed by atoms with Gasteiger partial charge >= 0.3 is 0 Å². The van der Waals surface area contributed by atoms with Gasteiger partial charge in [0.25, 0.3) is 0 Å². The number of imidazole rings is 1. The van der Waals surface area contributed by atoms with Crippen molar-refractivity contribution in [1.82, 2.24) is 19.8 Å². The molecule has 0 aliphatic heterocycles. The van der Waals surface area contributed by atoms with Gasteiger partial charge in [0.2, 0.25) is 0 Å². The molecule has 1 aliphatic rings. The second-order valence-corrected chi connectivity index (χ2v) is 6.86. The molecule has 1 heterocycles. The molecule has 1 aromatic heterocycles. The quantitative estimate of drug-likeness (QED) is 0.835. The summed E-state index contributed by atoms with van der Waals surface area (Å²) in [5.41, 5.74) is -0.118. The fourth-order valence-electron chi connectivity index (χ4n) is 3.54. The molecule has 5 heteroatoms. The smallest absolute Gasteiger partial charge is 0.122 e. The van der Waals surface area contributed by atoms with E-state index in [0.29, 0.717) is 12.1 Å². The van der Waals surface area contributed by atoms with E-state index in [2.05, 4.69) is 40.7 Å². The molecule has 0 saturated heterocycles. The Morgan fingerprint density at radius 2 is 2.33 bits per heavy atom. The van der Waals surface area contributed by atoms with E-state index in [1.807, 2.05) is 19.4 Å². The van der Waals surface area contributed by atoms with Crippen LogP contribution in [0.15, 0.2) is 12.4 Å². The predicted octanol–water partition coefficient (Wildman–Crippen LogP) is 1.52. The average molecular weight is 294 g/mol. The summed E-state index contributed by atoms with van der Waals surface area (Å²) in [4.78, 5) is 6.79. The fraction of sp³-hybridized carbons (Fsp3) is 0.812. The van der Waals surface area contributed by atoms with Crippen LogP contribution in [0.4, 0.5) is 0 Å². The van der Waals surface area contributed by atoms with E-state index in [-0.39, 0.29) is 12.1 Å². The number of aliphatic hydroxyl groups excluding tert-OH is 1. The Kier molecular flexibility index (Phi) is 5.41. The van der Waals surface area contributed by atoms with Gasteiger partial charge in [0.05, 0.1) is 13.2 Å². The highest BCUT2D eigenvalue weighted by atomic mass is 16.3. The lowest BCUT2D eigenvalue weighted by Gasteiger charge is -2.44. The van der Waals surface area contributed by atoms with E-state index < -0.39 is 0 Å². The van der Waals surface area contributed by atoms with Crippen molar-refractivity contribution >= 4 is 0 Å². The summed E-state index contributed by atoms with van der Waals surface area (Å²) in [7, 11) is 4.21. The first-order valence-electron chi connectivity index (χ1n) is 8.01. The Bertz CT molecular complexity index is 445. The fourth-order valence-corrected chi connectivity index (χ4v) is 3.54. The molecule has 0 radical (unpaired) electrons. The van der Waals surface area contributed by atoms with Crippen molar-refractivity contribution in [2.45, 2.75) is 63.7 Å². The van der Waals surface area contributed by atoms with Gasteiger partial charge in [0.15, 0.2) is 0 Å². The van der Waals surface area contributed by atoms with E-state index in [9.17, 15) is 5.11 Å². The molecule has 1 aromatic rings. The van der Waals surface area contributed by atoms with Gasteiger partial charge in [-0.05, 0) is 32.7 Å². The molecule has 0 aromatic carbocycles. The minimum absolute atomic E-state index is 0.118. The molecule has 2 atom stereocenters. The van der Waals surface area contributed by atoms with Crippen molar-refractivity contribution in [3.63, 3.8) is 0 Å². The molecule has 0 bridgehead atoms. The second kappa shape index (κ2) is 6.90. The maximum absolute atomic E-state index is 9.89. The highest BCUT2D eigenvalue weighted by Crippen LogP contribution is 2.31. The SMILES string of the molecule is CC(C)NC1(CO)CCCC(N(C)Cc2nccn2C)C1. The van der Waals surface area contributed by atoms with Crippen molar-refractivity contribution in [1.29, 1.82) is 0 Å². The standard InChI is InChI=1S/C16H30N4O/c1-13(2)18-16(12-21)7-5-6-14(10-16)20(4)11-15-17-8-9-19(15)3/h8-9,13-14,18,21H,5-7,10-12H2,1-4H3. The van der Waals surface area contributed by atoms with Gasteiger partial charge in [-0.15, -0.1) is 0 Å². The molecule has 21 heavy (non-hydrogen) atoms. The zero-order chi connectivity index (χ0) is 15.5. The Morgan fingerprint density at radius 1 is 1.57 bits per heavy atom. The molecule has 2 rings (SSSR count). The second-order valence-electron chi connectivity index (χ2n) is 6.86. The number of aromatic nitrogens is 2. The van der Waals surface area contributed by atoms with Gasteiger partial charge in [-0.25, -0.2) is 4.98 Å². The van der Waals surface area contributed by atoms with Gasteiger partial charge in [-0.2, -0.15) is 0 Å². The number of hydrogen-bond acceptors (Lipinski definition) is 4. The van der Waals surface area contributed by atoms with E-state index in [0.717, 1.165) is 31.6 Å². The molecule has 120 valence electrons. The van der Waals surface area contributed by atoms with Crippen LogP contribution in [-0.4, -0.2) is 50.8 Å². The minimum Gasteiger partial charge on any atom is -0.394 e. The molecule has 0 amide bonds. The third-order valence-corrected chi connectivity index (χ3v) is 4.65. The molecule has 5 nitrogen and oxygen atoms in total. The van der Waals surface area contributed by atoms with Gasteiger partial charge in [0.1, 0.15) is 5.82 Å². The number of rotatable bonds is 6. The summed E-state index contributed by atoms with van der Waals surface area (Å²) < 4.78 is 2.07. The summed E-state index contributed by atoms with van der Waals surface area (Å²) in [6.07, 6.45) is 8.26. The lowest BCUT2D eigenvalue weighted by molar-refractivity contribution is 0.0603. The lowest BCUT2D eigenvalue weighted by Crippen LogP contribution is -2.57. The monoisotopic (exact) mass is 294 g/mol. The maximum atomic E-state index is 9.89. The van der Waals surface area contributed by atoms with Crippen molar-refractivity contribution < 1.29 is 5.11 Å². The lowest BCUT2D eigenvalue weighted by atomic mass is 9.78. The highest BCUT2D eigenvalue weighted by molar-refractivity contribution is 4.98. The zero-order valence-corrected chi connectivity index (χ0v) is 13.8. The topological polar surface area (TPSA) is 53.3 Å². The first-order chi connectivity index (χ1) is 9.96. The Hall–Kier alpha value is -0.910. The summed E-state index contributed by atoms with van der Waals surface area (Å²) in [6.45, 7) is 5.38. The van der Waals surface area contributed by atoms with Crippen LogP contribution in [0.25, 0.3) is 0 Å². The number of nitrogens with one attached hydrogen (secondary N) is 1. The number of aliphatic hydroxyl groups is 1. The predicted molar refractivity (Wildman–Crippen MR) is 85.0 cm³/mol. The van der Waals surface area contributed by atoms with E-state index in [1.54, 1.807) is 0 Å². The molecule has 1 aliphatic carbocycles. The Balaban J connectivity index is 2.01. The Morgan fingerprint density at radius 3 is 2.90 bits per heavy atom. The van der Waals surface area contributed by atoms with Crippen LogP contribution in [0.1, 0.15) is 45.4 Å². The van der Waals surface area contributed by atoms with Crippen LogP contribution in [0.3, 0.4) is 0 Å². The first kappa shape index (κ1) is 16.5. The molecular formula is C16H30N4O. The van der Waals surface area contributed by atoms with Crippen LogP contribution >= 0.6 is 0 Å². The van der Waals surface area contributed by atoms with Crippen LogP contribution in [0, 0.1) is 0 Å². The summed E-state index contributed by atoms with van der Waals surface area (Å²) in [5, 5.41) is 13.5. The number of nitrogens with zero attached hydrogens (tertiary/aromatic N) is 3. The van der Waals surface area contributed by atoms with Crippen molar-refractivity contribution in [3.8, 4) is 0 Å². The summed E-state index contributed by atoms with van der Waals surface area (Å²) in [6, 6.07) is 0.893. The average Bonchev–Trinajstić information content (AvgIpc) is 2.84. The third-order valence-electron chi connectivity index (χ3n) is 4.65. The van der Waals surface area contributed by atoms with E-state index in [4.69, 9.17) is 0 Å². The van der Waals surface area contributed by atoms with Crippen molar-refractivity contribution in [2.75, 3.05) is 13.7 Å². The van der Waals surface area contributed by atoms with E-state index >= 15 is 0 Å². The van der Waals surface area contributed by atoms with Crippen LogP contribution in [-0.2, 0) is 13.6 Å². The molecule has 1 fully saturated rings. The molecular weight excluding hydrogens is 264 g/mol. The molecule has 2 unspecified atom stereocenters. The van der Waals surface area contributed by atoms with E-state index in [1.165, 1.54) is 6.42 Å². The van der Waals surface area contributed by atoms with Crippen molar-refractivity contribution in [3.05, 3.63) is 18.2 Å². The van der Waals surface area contributed by atoms with Gasteiger partial charge < -0.3 is 15.0 Å². The van der Waals surface area contributed by atoms with Gasteiger partial charge in [-0.1, -0.05) is 13.8 Å². The maximum Gasteiger partial charge on any atom is 0.122 e. The third kappa shape index (κ3) is 4.05. The summed E-state index contributed by atoms with van der Waals surface area (Å²) in [5.74, 6) is 1.09. The highest BCUT2D eigenvalue weighted by Gasteiger charge is 2.37. The van der Waals surface area contributed by atoms with Crippen molar-refractivity contribution in [2.24, 2.45) is 7.05 Å². The minimum atomic E-state index is -0.118. The normalized spacial score (nSPS) is 26.7. The molecule has 1 saturated carbocycles. The molecule has 0 spiro atoms. The Labute approximate surface area is 128 Å². The number of hydrogen-bond donors (Lipinski definition) is 2. The largest absolute Gasteiger partial charge is 0.394 e. The van der Waals surface area contributed by atoms with Crippen LogP contribution < -0.4 is 5.32 Å². The number of aryl methyl sites for hydroxylation is 1. The zero-order valence-electron chi connectivity index (χ0n) is 13.8. The van der Waals surface area contributed by atoms with Gasteiger partial charge in [-0.3, -0.25) is 4.90 Å². The van der Waals surface area contributed by atoms with Crippen LogP contribution in [0.2, 0.25) is 0 Å². The van der Waals surface area contributed by atoms with Gasteiger partial charge in [0, 0.05) is 37.1 Å².